The molecular formula is C19H20F3N. The summed E-state index contributed by atoms with van der Waals surface area (Å²) in [6.45, 7) is 0. The molecular weight excluding hydrogens is 299 g/mol. The van der Waals surface area contributed by atoms with Crippen molar-refractivity contribution in [2.24, 2.45) is 5.92 Å². The largest absolute Gasteiger partial charge is 0.204 e. The Morgan fingerprint density at radius 3 is 2.57 bits per heavy atom. The molecule has 0 amide bonds. The van der Waals surface area contributed by atoms with E-state index in [0.29, 0.717) is 11.8 Å². The van der Waals surface area contributed by atoms with Crippen molar-refractivity contribution in [3.8, 4) is 6.07 Å². The fourth-order valence-corrected chi connectivity index (χ4v) is 3.17. The molecule has 1 fully saturated rings. The Kier molecular flexibility index (Phi) is 6.46. The average molecular weight is 319 g/mol. The van der Waals surface area contributed by atoms with E-state index in [4.69, 9.17) is 5.26 Å². The van der Waals surface area contributed by atoms with Gasteiger partial charge in [-0.1, -0.05) is 18.2 Å². The summed E-state index contributed by atoms with van der Waals surface area (Å²) in [6, 6.07) is 5.63. The molecule has 0 aromatic heterocycles. The lowest BCUT2D eigenvalue weighted by Gasteiger charge is -2.28. The van der Waals surface area contributed by atoms with Crippen LogP contribution < -0.4 is 0 Å². The smallest absolute Gasteiger partial charge is 0.199 e. The lowest BCUT2D eigenvalue weighted by Crippen LogP contribution is -2.13. The zero-order valence-electron chi connectivity index (χ0n) is 12.9. The molecule has 1 saturated carbocycles. The number of halogens is 3. The second kappa shape index (κ2) is 8.57. The quantitative estimate of drug-likeness (QED) is 0.486. The first-order valence-corrected chi connectivity index (χ1v) is 7.97. The van der Waals surface area contributed by atoms with E-state index in [1.165, 1.54) is 24.3 Å². The zero-order valence-corrected chi connectivity index (χ0v) is 12.9. The second-order valence-corrected chi connectivity index (χ2v) is 6.02. The number of allylic oxidation sites excluding steroid dienone is 4. The summed E-state index contributed by atoms with van der Waals surface area (Å²) in [5, 5.41) is 8.27. The Morgan fingerprint density at radius 2 is 1.91 bits per heavy atom. The molecule has 122 valence electrons. The number of nitriles is 1. The van der Waals surface area contributed by atoms with Gasteiger partial charge in [0.05, 0.1) is 0 Å². The molecule has 2 rings (SSSR count). The lowest BCUT2D eigenvalue weighted by atomic mass is 9.77. The van der Waals surface area contributed by atoms with E-state index < -0.39 is 17.5 Å². The van der Waals surface area contributed by atoms with Gasteiger partial charge in [0.15, 0.2) is 17.5 Å². The minimum absolute atomic E-state index is 0.310. The first kappa shape index (κ1) is 17.3. The first-order valence-electron chi connectivity index (χ1n) is 7.97. The fraction of sp³-hybridized carbons (Fsp3) is 0.421. The average Bonchev–Trinajstić information content (AvgIpc) is 2.57. The summed E-state index contributed by atoms with van der Waals surface area (Å²) in [7, 11) is 0. The Bertz CT molecular complexity index is 620. The molecule has 1 aliphatic carbocycles. The highest BCUT2D eigenvalue weighted by Gasteiger charge is 2.22. The van der Waals surface area contributed by atoms with Crippen LogP contribution in [-0.4, -0.2) is 0 Å². The van der Waals surface area contributed by atoms with Gasteiger partial charge in [-0.25, -0.2) is 8.78 Å². The SMILES string of the molecule is N#CC(F)=CC=CCCC1CCC(c2ccc(F)c(F)c2)CC1. The predicted molar refractivity (Wildman–Crippen MR) is 84.2 cm³/mol. The molecule has 0 radical (unpaired) electrons. The summed E-state index contributed by atoms with van der Waals surface area (Å²) >= 11 is 0. The van der Waals surface area contributed by atoms with E-state index in [0.717, 1.165) is 44.1 Å². The molecule has 0 atom stereocenters. The van der Waals surface area contributed by atoms with Crippen LogP contribution in [0.4, 0.5) is 13.2 Å². The molecule has 0 unspecified atom stereocenters. The number of hydrogen-bond acceptors (Lipinski definition) is 1. The van der Waals surface area contributed by atoms with Crippen molar-refractivity contribution in [3.05, 3.63) is 59.5 Å². The van der Waals surface area contributed by atoms with Gasteiger partial charge in [-0.15, -0.1) is 0 Å². The van der Waals surface area contributed by atoms with Gasteiger partial charge in [0.1, 0.15) is 6.07 Å². The Hall–Kier alpha value is -2.02. The molecule has 1 aliphatic rings. The van der Waals surface area contributed by atoms with E-state index in [9.17, 15) is 13.2 Å². The third-order valence-electron chi connectivity index (χ3n) is 4.49. The van der Waals surface area contributed by atoms with Crippen LogP contribution in [0.5, 0.6) is 0 Å². The number of nitrogens with zero attached hydrogens (tertiary/aromatic N) is 1. The minimum atomic E-state index is -0.795. The Labute approximate surface area is 135 Å². The predicted octanol–water partition coefficient (Wildman–Crippen LogP) is 5.95. The van der Waals surface area contributed by atoms with Crippen molar-refractivity contribution in [2.75, 3.05) is 0 Å². The van der Waals surface area contributed by atoms with E-state index in [2.05, 4.69) is 0 Å². The molecule has 0 bridgehead atoms. The van der Waals surface area contributed by atoms with Crippen LogP contribution in [-0.2, 0) is 0 Å². The first-order chi connectivity index (χ1) is 11.1. The fourth-order valence-electron chi connectivity index (χ4n) is 3.17. The molecule has 0 spiro atoms. The lowest BCUT2D eigenvalue weighted by molar-refractivity contribution is 0.311. The van der Waals surface area contributed by atoms with Crippen molar-refractivity contribution in [1.29, 1.82) is 5.26 Å². The molecule has 4 heteroatoms. The van der Waals surface area contributed by atoms with Crippen molar-refractivity contribution < 1.29 is 13.2 Å². The van der Waals surface area contributed by atoms with Gasteiger partial charge in [-0.2, -0.15) is 9.65 Å². The number of rotatable bonds is 5. The van der Waals surface area contributed by atoms with Crippen molar-refractivity contribution in [1.82, 2.24) is 0 Å². The minimum Gasteiger partial charge on any atom is -0.204 e. The molecule has 0 N–H and O–H groups in total. The van der Waals surface area contributed by atoms with Gasteiger partial charge >= 0.3 is 0 Å². The van der Waals surface area contributed by atoms with Gasteiger partial charge in [-0.3, -0.25) is 0 Å². The van der Waals surface area contributed by atoms with Crippen LogP contribution in [0.1, 0.15) is 50.0 Å². The topological polar surface area (TPSA) is 23.8 Å². The number of benzene rings is 1. The Balaban J connectivity index is 1.76. The van der Waals surface area contributed by atoms with Crippen molar-refractivity contribution >= 4 is 0 Å². The molecule has 1 nitrogen and oxygen atoms in total. The third kappa shape index (κ3) is 5.28. The van der Waals surface area contributed by atoms with Crippen LogP contribution in [0.3, 0.4) is 0 Å². The maximum absolute atomic E-state index is 13.3. The molecule has 1 aromatic rings. The molecule has 23 heavy (non-hydrogen) atoms. The summed E-state index contributed by atoms with van der Waals surface area (Å²) in [6.07, 6.45) is 10.6. The summed E-state index contributed by atoms with van der Waals surface area (Å²) in [4.78, 5) is 0. The van der Waals surface area contributed by atoms with Gasteiger partial charge < -0.3 is 0 Å². The number of hydrogen-bond donors (Lipinski definition) is 0. The normalized spacial score (nSPS) is 22.3. The maximum Gasteiger partial charge on any atom is 0.199 e. The summed E-state index contributed by atoms with van der Waals surface area (Å²) < 4.78 is 38.8. The van der Waals surface area contributed by atoms with Gasteiger partial charge in [0, 0.05) is 0 Å². The van der Waals surface area contributed by atoms with E-state index in [1.807, 2.05) is 6.08 Å². The van der Waals surface area contributed by atoms with E-state index >= 15 is 0 Å². The summed E-state index contributed by atoms with van der Waals surface area (Å²) in [5.41, 5.74) is 0.888. The highest BCUT2D eigenvalue weighted by Crippen LogP contribution is 2.37. The van der Waals surface area contributed by atoms with Gasteiger partial charge in [0.25, 0.3) is 0 Å². The third-order valence-corrected chi connectivity index (χ3v) is 4.49. The molecule has 0 aliphatic heterocycles. The van der Waals surface area contributed by atoms with Crippen LogP contribution >= 0.6 is 0 Å². The van der Waals surface area contributed by atoms with Crippen LogP contribution in [0.2, 0.25) is 0 Å². The highest BCUT2D eigenvalue weighted by molar-refractivity contribution is 5.22. The zero-order chi connectivity index (χ0) is 16.7. The van der Waals surface area contributed by atoms with Crippen LogP contribution in [0.15, 0.2) is 42.3 Å². The maximum atomic E-state index is 13.3. The Morgan fingerprint density at radius 1 is 1.17 bits per heavy atom. The van der Waals surface area contributed by atoms with E-state index in [-0.39, 0.29) is 0 Å². The molecule has 1 aromatic carbocycles. The summed E-state index contributed by atoms with van der Waals surface area (Å²) in [5.74, 6) is -1.42. The monoisotopic (exact) mass is 319 g/mol. The standard InChI is InChI=1S/C19H20F3N/c20-17(13-23)5-3-1-2-4-14-6-8-15(9-7-14)16-10-11-18(21)19(22)12-16/h1,3,5,10-12,14-15H,2,4,6-9H2. The van der Waals surface area contributed by atoms with Gasteiger partial charge in [-0.05, 0) is 74.1 Å². The van der Waals surface area contributed by atoms with Crippen LogP contribution in [0.25, 0.3) is 0 Å². The molecule has 0 saturated heterocycles. The van der Waals surface area contributed by atoms with Crippen molar-refractivity contribution in [2.45, 2.75) is 44.4 Å². The molecule has 0 heterocycles. The van der Waals surface area contributed by atoms with Gasteiger partial charge in [0.2, 0.25) is 0 Å². The van der Waals surface area contributed by atoms with Crippen molar-refractivity contribution in [3.63, 3.8) is 0 Å². The van der Waals surface area contributed by atoms with Crippen LogP contribution in [0, 0.1) is 28.9 Å². The second-order valence-electron chi connectivity index (χ2n) is 6.02. The highest BCUT2D eigenvalue weighted by atomic mass is 19.2. The van der Waals surface area contributed by atoms with E-state index in [1.54, 1.807) is 12.1 Å².